The van der Waals surface area contributed by atoms with Crippen LogP contribution in [0.1, 0.15) is 65.5 Å². The fourth-order valence-corrected chi connectivity index (χ4v) is 5.01. The normalized spacial score (nSPS) is 27.9. The number of hydrogen-bond donors (Lipinski definition) is 1. The molecule has 1 spiro atoms. The second-order valence-electron chi connectivity index (χ2n) is 10.8. The molecule has 3 fully saturated rings. The summed E-state index contributed by atoms with van der Waals surface area (Å²) in [6.45, 7) is 9.29. The second kappa shape index (κ2) is 8.31. The van der Waals surface area contributed by atoms with E-state index in [9.17, 15) is 19.5 Å². The van der Waals surface area contributed by atoms with Crippen LogP contribution in [0.4, 0.5) is 9.59 Å². The van der Waals surface area contributed by atoms with Gasteiger partial charge in [-0.25, -0.2) is 14.5 Å². The van der Waals surface area contributed by atoms with E-state index in [-0.39, 0.29) is 5.41 Å². The van der Waals surface area contributed by atoms with Crippen molar-refractivity contribution in [2.45, 2.75) is 83.8 Å². The van der Waals surface area contributed by atoms with Crippen LogP contribution in [0, 0.1) is 11.3 Å². The lowest BCUT2D eigenvalue weighted by Gasteiger charge is -2.33. The van der Waals surface area contributed by atoms with Crippen LogP contribution in [-0.4, -0.2) is 63.3 Å². The number of aliphatic hydroxyl groups excluding tert-OH is 1. The molecule has 8 heteroatoms. The Balaban J connectivity index is 1.49. The summed E-state index contributed by atoms with van der Waals surface area (Å²) < 4.78 is 11.1. The molecule has 2 heterocycles. The molecule has 3 amide bonds. The third-order valence-corrected chi connectivity index (χ3v) is 7.06. The van der Waals surface area contributed by atoms with Gasteiger partial charge in [0.15, 0.2) is 0 Å². The van der Waals surface area contributed by atoms with Gasteiger partial charge in [-0.15, -0.1) is 0 Å². The first-order valence-corrected chi connectivity index (χ1v) is 11.7. The Hall–Kier alpha value is -2.61. The maximum atomic E-state index is 13.4. The van der Waals surface area contributed by atoms with Crippen LogP contribution in [0.5, 0.6) is 0 Å². The number of rotatable bonds is 4. The summed E-state index contributed by atoms with van der Waals surface area (Å²) in [6, 6.07) is 8.23. The third kappa shape index (κ3) is 4.58. The Labute approximate surface area is 194 Å². The standard InChI is InChI=1S/C25H34N2O6/c1-15(21(29)27-16(2)20(32-23(27)31)17-9-7-6-8-10-17)19(28)18-13-25(11-12-25)14-26(18)22(30)33-24(3,4)5/h6-10,15-16,18-20,28H,11-14H2,1-5H3/t15-,16-,18+,19-,20-/m1/s1. The van der Waals surface area contributed by atoms with E-state index in [1.54, 1.807) is 39.5 Å². The largest absolute Gasteiger partial charge is 0.444 e. The highest BCUT2D eigenvalue weighted by Gasteiger charge is 2.57. The summed E-state index contributed by atoms with van der Waals surface area (Å²) in [7, 11) is 0. The zero-order valence-electron chi connectivity index (χ0n) is 20.0. The van der Waals surface area contributed by atoms with E-state index in [0.29, 0.717) is 13.0 Å². The van der Waals surface area contributed by atoms with Gasteiger partial charge in [-0.1, -0.05) is 37.3 Å². The highest BCUT2D eigenvalue weighted by atomic mass is 16.6. The molecule has 1 N–H and O–H groups in total. The number of cyclic esters (lactones) is 1. The molecule has 1 aliphatic carbocycles. The SMILES string of the molecule is C[C@@H]1[C@H](c2ccccc2)OC(=O)N1C(=O)[C@H](C)[C@@H](O)[C@@H]1CC2(CC2)CN1C(=O)OC(C)(C)C. The molecule has 4 rings (SSSR count). The van der Waals surface area contributed by atoms with Crippen LogP contribution < -0.4 is 0 Å². The topological polar surface area (TPSA) is 96.4 Å². The van der Waals surface area contributed by atoms with Gasteiger partial charge in [-0.2, -0.15) is 0 Å². The van der Waals surface area contributed by atoms with Crippen molar-refractivity contribution in [2.24, 2.45) is 11.3 Å². The maximum absolute atomic E-state index is 13.4. The molecule has 1 aromatic rings. The van der Waals surface area contributed by atoms with Crippen molar-refractivity contribution >= 4 is 18.1 Å². The first kappa shape index (κ1) is 23.5. The lowest BCUT2D eigenvalue weighted by Crippen LogP contribution is -2.51. The molecule has 0 radical (unpaired) electrons. The quantitative estimate of drug-likeness (QED) is 0.736. The minimum absolute atomic E-state index is 0.00356. The summed E-state index contributed by atoms with van der Waals surface area (Å²) in [5, 5.41) is 11.2. The molecule has 2 aliphatic heterocycles. The average molecular weight is 459 g/mol. The van der Waals surface area contributed by atoms with E-state index >= 15 is 0 Å². The number of amides is 3. The predicted molar refractivity (Wildman–Crippen MR) is 120 cm³/mol. The van der Waals surface area contributed by atoms with Crippen molar-refractivity contribution in [3.63, 3.8) is 0 Å². The first-order chi connectivity index (χ1) is 15.4. The number of nitrogens with zero attached hydrogens (tertiary/aromatic N) is 2. The molecule has 3 aliphatic rings. The van der Waals surface area contributed by atoms with Crippen LogP contribution >= 0.6 is 0 Å². The fraction of sp³-hybridized carbons (Fsp3) is 0.640. The molecule has 180 valence electrons. The summed E-state index contributed by atoms with van der Waals surface area (Å²) >= 11 is 0. The molecule has 0 aromatic heterocycles. The van der Waals surface area contributed by atoms with Crippen LogP contribution in [0.3, 0.4) is 0 Å². The zero-order chi connectivity index (χ0) is 24.1. The molecule has 1 aromatic carbocycles. The van der Waals surface area contributed by atoms with E-state index in [1.165, 1.54) is 0 Å². The van der Waals surface area contributed by atoms with E-state index < -0.39 is 53.9 Å². The van der Waals surface area contributed by atoms with Gasteiger partial charge in [0.2, 0.25) is 5.91 Å². The average Bonchev–Trinajstić information content (AvgIpc) is 3.29. The Kier molecular flexibility index (Phi) is 5.93. The Bertz CT molecular complexity index is 923. The van der Waals surface area contributed by atoms with Crippen molar-refractivity contribution in [1.29, 1.82) is 0 Å². The number of aliphatic hydroxyl groups is 1. The Morgan fingerprint density at radius 3 is 2.42 bits per heavy atom. The molecule has 33 heavy (non-hydrogen) atoms. The smallest absolute Gasteiger partial charge is 0.417 e. The summed E-state index contributed by atoms with van der Waals surface area (Å²) in [4.78, 5) is 41.5. The van der Waals surface area contributed by atoms with Gasteiger partial charge >= 0.3 is 12.2 Å². The lowest BCUT2D eigenvalue weighted by atomic mass is 9.91. The highest BCUT2D eigenvalue weighted by molar-refractivity contribution is 5.95. The molecule has 1 saturated carbocycles. The minimum Gasteiger partial charge on any atom is -0.444 e. The van der Waals surface area contributed by atoms with E-state index in [0.717, 1.165) is 23.3 Å². The van der Waals surface area contributed by atoms with Gasteiger partial charge in [-0.05, 0) is 57.9 Å². The zero-order valence-corrected chi connectivity index (χ0v) is 20.0. The summed E-state index contributed by atoms with van der Waals surface area (Å²) in [6.07, 6.45) is -0.273. The number of carbonyl (C=O) groups excluding carboxylic acids is 3. The van der Waals surface area contributed by atoms with Crippen molar-refractivity contribution in [3.05, 3.63) is 35.9 Å². The molecular weight excluding hydrogens is 424 g/mol. The van der Waals surface area contributed by atoms with Crippen molar-refractivity contribution in [2.75, 3.05) is 6.54 Å². The third-order valence-electron chi connectivity index (χ3n) is 7.06. The molecule has 0 bridgehead atoms. The van der Waals surface area contributed by atoms with Gasteiger partial charge in [0, 0.05) is 6.54 Å². The molecular formula is C25H34N2O6. The lowest BCUT2D eigenvalue weighted by molar-refractivity contribution is -0.137. The summed E-state index contributed by atoms with van der Waals surface area (Å²) in [5.41, 5.74) is 0.155. The number of imide groups is 1. The number of ether oxygens (including phenoxy) is 2. The first-order valence-electron chi connectivity index (χ1n) is 11.7. The number of benzene rings is 1. The van der Waals surface area contributed by atoms with E-state index in [1.807, 2.05) is 30.3 Å². The van der Waals surface area contributed by atoms with Crippen molar-refractivity contribution in [3.8, 4) is 0 Å². The fourth-order valence-electron chi connectivity index (χ4n) is 5.01. The minimum atomic E-state index is -1.12. The van der Waals surface area contributed by atoms with Crippen LogP contribution in [0.15, 0.2) is 30.3 Å². The molecule has 8 nitrogen and oxygen atoms in total. The number of likely N-dealkylation sites (tertiary alicyclic amines) is 1. The second-order valence-corrected chi connectivity index (χ2v) is 10.8. The Morgan fingerprint density at radius 1 is 1.21 bits per heavy atom. The van der Waals surface area contributed by atoms with Gasteiger partial charge in [0.25, 0.3) is 0 Å². The van der Waals surface area contributed by atoms with Gasteiger partial charge in [0.1, 0.15) is 11.7 Å². The van der Waals surface area contributed by atoms with Crippen LogP contribution in [-0.2, 0) is 14.3 Å². The van der Waals surface area contributed by atoms with Crippen LogP contribution in [0.25, 0.3) is 0 Å². The highest BCUT2D eigenvalue weighted by Crippen LogP contribution is 2.56. The van der Waals surface area contributed by atoms with E-state index in [4.69, 9.17) is 9.47 Å². The predicted octanol–water partition coefficient (Wildman–Crippen LogP) is 3.88. The van der Waals surface area contributed by atoms with Gasteiger partial charge in [-0.3, -0.25) is 4.79 Å². The number of carbonyl (C=O) groups is 3. The van der Waals surface area contributed by atoms with Crippen molar-refractivity contribution in [1.82, 2.24) is 9.80 Å². The maximum Gasteiger partial charge on any atom is 0.417 e. The molecule has 0 unspecified atom stereocenters. The molecule has 5 atom stereocenters. The Morgan fingerprint density at radius 2 is 1.85 bits per heavy atom. The monoisotopic (exact) mass is 458 g/mol. The molecule has 2 saturated heterocycles. The van der Waals surface area contributed by atoms with Crippen LogP contribution in [0.2, 0.25) is 0 Å². The number of hydrogen-bond acceptors (Lipinski definition) is 6. The summed E-state index contributed by atoms with van der Waals surface area (Å²) in [5.74, 6) is -1.39. The van der Waals surface area contributed by atoms with Gasteiger partial charge < -0.3 is 19.5 Å². The van der Waals surface area contributed by atoms with E-state index in [2.05, 4.69) is 0 Å². The van der Waals surface area contributed by atoms with Gasteiger partial charge in [0.05, 0.1) is 24.1 Å². The van der Waals surface area contributed by atoms with Crippen molar-refractivity contribution < 1.29 is 29.0 Å².